The third kappa shape index (κ3) is 4.97. The van der Waals surface area contributed by atoms with Crippen LogP contribution in [0.1, 0.15) is 30.9 Å². The summed E-state index contributed by atoms with van der Waals surface area (Å²) in [6, 6.07) is 14.2. The number of rotatable bonds is 5. The summed E-state index contributed by atoms with van der Waals surface area (Å²) < 4.78 is 27.8. The predicted molar refractivity (Wildman–Crippen MR) is 131 cm³/mol. The Bertz CT molecular complexity index is 1160. The molecule has 0 bridgehead atoms. The van der Waals surface area contributed by atoms with Gasteiger partial charge in [-0.3, -0.25) is 0 Å². The molecule has 1 aliphatic rings. The first-order chi connectivity index (χ1) is 15.7. The van der Waals surface area contributed by atoms with E-state index < -0.39 is 5.92 Å². The van der Waals surface area contributed by atoms with Gasteiger partial charge in [0.1, 0.15) is 11.6 Å². The molecule has 33 heavy (non-hydrogen) atoms. The Morgan fingerprint density at radius 2 is 1.88 bits per heavy atom. The summed E-state index contributed by atoms with van der Waals surface area (Å²) in [5.41, 5.74) is 3.25. The molecular formula is C26H29F2N5. The molecule has 1 N–H and O–H groups in total. The second kappa shape index (κ2) is 9.17. The van der Waals surface area contributed by atoms with Crippen LogP contribution in [0.5, 0.6) is 0 Å². The van der Waals surface area contributed by atoms with Gasteiger partial charge in [-0.15, -0.1) is 0 Å². The molecule has 1 aromatic carbocycles. The predicted octanol–water partition coefficient (Wildman–Crippen LogP) is 6.18. The summed E-state index contributed by atoms with van der Waals surface area (Å²) in [5, 5.41) is 3.33. The summed E-state index contributed by atoms with van der Waals surface area (Å²) in [6.07, 6.45) is 3.75. The first kappa shape index (κ1) is 22.7. The number of fused-ring (bicyclic) bond motifs is 1. The molecule has 4 rings (SSSR count). The van der Waals surface area contributed by atoms with Crippen molar-refractivity contribution in [1.82, 2.24) is 9.97 Å². The molecule has 3 aromatic rings. The number of hydrogen-bond acceptors (Lipinski definition) is 5. The van der Waals surface area contributed by atoms with Crippen LogP contribution < -0.4 is 15.1 Å². The summed E-state index contributed by atoms with van der Waals surface area (Å²) >= 11 is 0. The fourth-order valence-corrected chi connectivity index (χ4v) is 3.98. The summed E-state index contributed by atoms with van der Waals surface area (Å²) in [5.74, 6) is -0.750. The molecule has 0 atom stereocenters. The Hall–Kier alpha value is -3.48. The molecule has 3 heterocycles. The largest absolute Gasteiger partial charge is 0.372 e. The quantitative estimate of drug-likeness (QED) is 0.504. The average molecular weight is 450 g/mol. The minimum absolute atomic E-state index is 0.0285. The van der Waals surface area contributed by atoms with Crippen molar-refractivity contribution in [2.24, 2.45) is 0 Å². The van der Waals surface area contributed by atoms with Crippen molar-refractivity contribution in [1.29, 1.82) is 0 Å². The molecule has 2 aromatic heterocycles. The van der Waals surface area contributed by atoms with Crippen LogP contribution in [0.4, 0.5) is 26.1 Å². The maximum Gasteiger partial charge on any atom is 0.270 e. The highest BCUT2D eigenvalue weighted by Crippen LogP contribution is 2.35. The van der Waals surface area contributed by atoms with Gasteiger partial charge in [-0.2, -0.15) is 0 Å². The maximum atomic E-state index is 13.9. The van der Waals surface area contributed by atoms with E-state index in [0.29, 0.717) is 17.1 Å². The van der Waals surface area contributed by atoms with Gasteiger partial charge in [0.25, 0.3) is 5.92 Å². The molecule has 0 amide bonds. The van der Waals surface area contributed by atoms with E-state index in [9.17, 15) is 8.78 Å². The smallest absolute Gasteiger partial charge is 0.270 e. The first-order valence-electron chi connectivity index (χ1n) is 11.1. The van der Waals surface area contributed by atoms with E-state index >= 15 is 0 Å². The van der Waals surface area contributed by atoms with Gasteiger partial charge in [0, 0.05) is 44.4 Å². The third-order valence-corrected chi connectivity index (χ3v) is 5.91. The number of halogens is 2. The van der Waals surface area contributed by atoms with Gasteiger partial charge in [-0.1, -0.05) is 30.8 Å². The molecule has 1 aliphatic heterocycles. The van der Waals surface area contributed by atoms with Crippen LogP contribution in [0.15, 0.2) is 67.1 Å². The minimum atomic E-state index is -2.91. The molecule has 0 saturated heterocycles. The van der Waals surface area contributed by atoms with Crippen LogP contribution >= 0.6 is 0 Å². The number of hydrogen-bond donors (Lipinski definition) is 1. The molecule has 0 aliphatic carbocycles. The standard InChI is InChI=1S/C26H29F2N5/c1-18-9-8-14-29-24(18)30-19(2)33-16-6-5-15-32(4)23-13-12-22(31-25(23)33)20-10-7-11-21(17-20)26(3,27)28/h7-14,17H,2,5-6,15-16H2,1,3-4H3,(H,29,30). The zero-order chi connectivity index (χ0) is 23.6. The number of anilines is 3. The van der Waals surface area contributed by atoms with Gasteiger partial charge < -0.3 is 15.1 Å². The molecule has 0 radical (unpaired) electrons. The zero-order valence-electron chi connectivity index (χ0n) is 19.3. The van der Waals surface area contributed by atoms with Crippen LogP contribution in [0.25, 0.3) is 11.3 Å². The Labute approximate surface area is 193 Å². The lowest BCUT2D eigenvalue weighted by Crippen LogP contribution is -2.34. The van der Waals surface area contributed by atoms with Crippen molar-refractivity contribution < 1.29 is 8.78 Å². The van der Waals surface area contributed by atoms with E-state index in [1.54, 1.807) is 12.3 Å². The molecule has 172 valence electrons. The SMILES string of the molecule is C=C(Nc1ncccc1C)N1CCCCN(C)c2ccc(-c3cccc(C(C)(F)F)c3)nc21. The fourth-order valence-electron chi connectivity index (χ4n) is 3.98. The average Bonchev–Trinajstić information content (AvgIpc) is 2.78. The van der Waals surface area contributed by atoms with Gasteiger partial charge in [-0.05, 0) is 49.6 Å². The van der Waals surface area contributed by atoms with E-state index in [-0.39, 0.29) is 5.56 Å². The second-order valence-electron chi connectivity index (χ2n) is 8.53. The Kier molecular flexibility index (Phi) is 6.31. The van der Waals surface area contributed by atoms with E-state index in [2.05, 4.69) is 26.7 Å². The van der Waals surface area contributed by atoms with Gasteiger partial charge in [0.15, 0.2) is 5.82 Å². The van der Waals surface area contributed by atoms with Crippen molar-refractivity contribution in [2.45, 2.75) is 32.6 Å². The van der Waals surface area contributed by atoms with E-state index in [1.807, 2.05) is 44.3 Å². The molecular weight excluding hydrogens is 420 g/mol. The van der Waals surface area contributed by atoms with Crippen molar-refractivity contribution in [3.05, 3.63) is 78.3 Å². The highest BCUT2D eigenvalue weighted by molar-refractivity contribution is 5.75. The van der Waals surface area contributed by atoms with Gasteiger partial charge in [-0.25, -0.2) is 18.7 Å². The summed E-state index contributed by atoms with van der Waals surface area (Å²) in [6.45, 7) is 8.83. The van der Waals surface area contributed by atoms with Crippen LogP contribution in [0.3, 0.4) is 0 Å². The lowest BCUT2D eigenvalue weighted by molar-refractivity contribution is 0.0175. The van der Waals surface area contributed by atoms with E-state index in [1.165, 1.54) is 12.1 Å². The van der Waals surface area contributed by atoms with Crippen LogP contribution in [0.2, 0.25) is 0 Å². The molecule has 0 spiro atoms. The Morgan fingerprint density at radius 1 is 1.09 bits per heavy atom. The maximum absolute atomic E-state index is 13.9. The van der Waals surface area contributed by atoms with E-state index in [0.717, 1.165) is 55.7 Å². The second-order valence-corrected chi connectivity index (χ2v) is 8.53. The minimum Gasteiger partial charge on any atom is -0.372 e. The van der Waals surface area contributed by atoms with Crippen molar-refractivity contribution in [3.8, 4) is 11.3 Å². The number of aryl methyl sites for hydroxylation is 1. The topological polar surface area (TPSA) is 44.3 Å². The summed E-state index contributed by atoms with van der Waals surface area (Å²) in [7, 11) is 2.04. The lowest BCUT2D eigenvalue weighted by atomic mass is 10.0. The number of pyridine rings is 2. The number of nitrogens with zero attached hydrogens (tertiary/aromatic N) is 4. The van der Waals surface area contributed by atoms with Gasteiger partial charge in [0.2, 0.25) is 0 Å². The van der Waals surface area contributed by atoms with Gasteiger partial charge >= 0.3 is 0 Å². The number of aromatic nitrogens is 2. The van der Waals surface area contributed by atoms with Crippen LogP contribution in [0, 0.1) is 6.92 Å². The molecule has 0 fully saturated rings. The first-order valence-corrected chi connectivity index (χ1v) is 11.1. The summed E-state index contributed by atoms with van der Waals surface area (Å²) in [4.78, 5) is 13.6. The van der Waals surface area contributed by atoms with Crippen molar-refractivity contribution in [3.63, 3.8) is 0 Å². The third-order valence-electron chi connectivity index (χ3n) is 5.91. The van der Waals surface area contributed by atoms with Crippen LogP contribution in [-0.2, 0) is 5.92 Å². The number of benzene rings is 1. The Morgan fingerprint density at radius 3 is 2.64 bits per heavy atom. The van der Waals surface area contributed by atoms with E-state index in [4.69, 9.17) is 4.98 Å². The highest BCUT2D eigenvalue weighted by Gasteiger charge is 2.25. The fraction of sp³-hybridized carbons (Fsp3) is 0.308. The monoisotopic (exact) mass is 449 g/mol. The normalized spacial score (nSPS) is 14.3. The zero-order valence-corrected chi connectivity index (χ0v) is 19.3. The highest BCUT2D eigenvalue weighted by atomic mass is 19.3. The van der Waals surface area contributed by atoms with Crippen LogP contribution in [-0.4, -0.2) is 30.1 Å². The number of alkyl halides is 2. The molecule has 5 nitrogen and oxygen atoms in total. The Balaban J connectivity index is 1.75. The van der Waals surface area contributed by atoms with Gasteiger partial charge in [0.05, 0.1) is 11.4 Å². The number of nitrogens with one attached hydrogen (secondary N) is 1. The molecule has 0 saturated carbocycles. The van der Waals surface area contributed by atoms with Crippen molar-refractivity contribution >= 4 is 17.3 Å². The molecule has 0 unspecified atom stereocenters. The van der Waals surface area contributed by atoms with Crippen molar-refractivity contribution in [2.75, 3.05) is 35.3 Å². The molecule has 7 heteroatoms. The lowest BCUT2D eigenvalue weighted by Gasteiger charge is -2.34.